The minimum absolute atomic E-state index is 0.354. The molecule has 1 N–H and O–H groups in total. The molecule has 4 rings (SSSR count). The lowest BCUT2D eigenvalue weighted by molar-refractivity contribution is 0.562. The Balaban J connectivity index is 1.39. The Kier molecular flexibility index (Phi) is 4.02. The monoisotopic (exact) mass is 343 g/mol. The van der Waals surface area contributed by atoms with E-state index in [2.05, 4.69) is 15.9 Å². The fourth-order valence-corrected chi connectivity index (χ4v) is 4.30. The van der Waals surface area contributed by atoms with E-state index in [0.717, 1.165) is 17.7 Å². The summed E-state index contributed by atoms with van der Waals surface area (Å²) in [6.45, 7) is 0.906. The molecule has 126 valence electrons. The molecule has 1 saturated carbocycles. The van der Waals surface area contributed by atoms with Crippen LogP contribution in [0.25, 0.3) is 6.08 Å². The van der Waals surface area contributed by atoms with Gasteiger partial charge in [-0.15, -0.1) is 0 Å². The van der Waals surface area contributed by atoms with Gasteiger partial charge in [-0.3, -0.25) is 4.68 Å². The van der Waals surface area contributed by atoms with E-state index >= 15 is 0 Å². The predicted molar refractivity (Wildman–Crippen MR) is 93.9 cm³/mol. The number of allylic oxidation sites excluding steroid dienone is 1. The zero-order valence-corrected chi connectivity index (χ0v) is 14.3. The number of sulfonamides is 1. The molecule has 2 aliphatic carbocycles. The number of rotatable bonds is 6. The number of hydrogen-bond donors (Lipinski definition) is 1. The number of hydrogen-bond acceptors (Lipinski definition) is 3. The summed E-state index contributed by atoms with van der Waals surface area (Å²) in [5, 5.41) is 4.50. The van der Waals surface area contributed by atoms with E-state index < -0.39 is 10.0 Å². The topological polar surface area (TPSA) is 64.0 Å². The van der Waals surface area contributed by atoms with E-state index in [9.17, 15) is 8.42 Å². The van der Waals surface area contributed by atoms with Crippen molar-refractivity contribution in [2.45, 2.75) is 38.1 Å². The van der Waals surface area contributed by atoms with Crippen LogP contribution < -0.4 is 4.72 Å². The van der Waals surface area contributed by atoms with Gasteiger partial charge in [0.15, 0.2) is 0 Å². The van der Waals surface area contributed by atoms with Crippen molar-refractivity contribution in [3.05, 3.63) is 58.3 Å². The summed E-state index contributed by atoms with van der Waals surface area (Å²) in [7, 11) is -3.42. The van der Waals surface area contributed by atoms with Crippen LogP contribution in [0.4, 0.5) is 0 Å². The van der Waals surface area contributed by atoms with Crippen LogP contribution >= 0.6 is 0 Å². The molecule has 5 nitrogen and oxygen atoms in total. The molecule has 0 amide bonds. The summed E-state index contributed by atoms with van der Waals surface area (Å²) in [6.07, 6.45) is 7.49. The molecular formula is C18H21N3O2S. The summed E-state index contributed by atoms with van der Waals surface area (Å²) in [6, 6.07) is 9.98. The first-order chi connectivity index (χ1) is 11.6. The number of nitrogens with one attached hydrogen (secondary N) is 1. The Morgan fingerprint density at radius 2 is 2.00 bits per heavy atom. The van der Waals surface area contributed by atoms with E-state index in [1.54, 1.807) is 6.08 Å². The maximum atomic E-state index is 12.5. The van der Waals surface area contributed by atoms with Gasteiger partial charge in [0.2, 0.25) is 10.0 Å². The van der Waals surface area contributed by atoms with Gasteiger partial charge in [-0.05, 0) is 49.0 Å². The van der Waals surface area contributed by atoms with Crippen LogP contribution in [0.2, 0.25) is 0 Å². The third-order valence-corrected chi connectivity index (χ3v) is 6.24. The quantitative estimate of drug-likeness (QED) is 0.877. The van der Waals surface area contributed by atoms with Gasteiger partial charge in [-0.1, -0.05) is 24.3 Å². The van der Waals surface area contributed by atoms with Crippen molar-refractivity contribution >= 4 is 16.1 Å². The van der Waals surface area contributed by atoms with E-state index in [0.29, 0.717) is 30.3 Å². The fraction of sp³-hybridized carbons (Fsp3) is 0.389. The third kappa shape index (κ3) is 3.30. The van der Waals surface area contributed by atoms with Crippen LogP contribution in [-0.4, -0.2) is 24.7 Å². The SMILES string of the molecule is O=S(=O)(NCCn1ccc(C2CC2)n1)C1=Cc2ccccc2CC1. The van der Waals surface area contributed by atoms with Crippen LogP contribution in [0.1, 0.15) is 42.0 Å². The van der Waals surface area contributed by atoms with Gasteiger partial charge in [-0.25, -0.2) is 13.1 Å². The molecule has 0 saturated heterocycles. The van der Waals surface area contributed by atoms with Gasteiger partial charge in [0, 0.05) is 18.7 Å². The molecule has 1 aromatic heterocycles. The second-order valence-electron chi connectivity index (χ2n) is 6.49. The predicted octanol–water partition coefficient (Wildman–Crippen LogP) is 2.67. The summed E-state index contributed by atoms with van der Waals surface area (Å²) in [5.74, 6) is 0.621. The molecule has 0 bridgehead atoms. The van der Waals surface area contributed by atoms with Crippen molar-refractivity contribution in [1.29, 1.82) is 0 Å². The highest BCUT2D eigenvalue weighted by Gasteiger charge is 2.26. The number of nitrogens with zero attached hydrogens (tertiary/aromatic N) is 2. The molecule has 2 aliphatic rings. The van der Waals surface area contributed by atoms with Gasteiger partial charge in [0.05, 0.1) is 17.1 Å². The van der Waals surface area contributed by atoms with Crippen molar-refractivity contribution in [2.75, 3.05) is 6.54 Å². The third-order valence-electron chi connectivity index (χ3n) is 4.65. The van der Waals surface area contributed by atoms with E-state index in [1.807, 2.05) is 35.1 Å². The largest absolute Gasteiger partial charge is 0.271 e. The molecule has 24 heavy (non-hydrogen) atoms. The van der Waals surface area contributed by atoms with Gasteiger partial charge >= 0.3 is 0 Å². The molecule has 0 unspecified atom stereocenters. The van der Waals surface area contributed by atoms with Crippen LogP contribution in [0.3, 0.4) is 0 Å². The molecule has 1 fully saturated rings. The first-order valence-corrected chi connectivity index (χ1v) is 9.92. The number of fused-ring (bicyclic) bond motifs is 1. The number of benzene rings is 1. The number of aromatic nitrogens is 2. The Hall–Kier alpha value is -1.92. The first kappa shape index (κ1) is 15.6. The van der Waals surface area contributed by atoms with Gasteiger partial charge in [0.1, 0.15) is 0 Å². The Morgan fingerprint density at radius 3 is 2.83 bits per heavy atom. The summed E-state index contributed by atoms with van der Waals surface area (Å²) in [4.78, 5) is 0.473. The van der Waals surface area contributed by atoms with E-state index in [4.69, 9.17) is 0 Å². The van der Waals surface area contributed by atoms with E-state index in [1.165, 1.54) is 18.4 Å². The molecule has 1 heterocycles. The highest BCUT2D eigenvalue weighted by atomic mass is 32.2. The average molecular weight is 343 g/mol. The van der Waals surface area contributed by atoms with Crippen LogP contribution in [0, 0.1) is 0 Å². The second-order valence-corrected chi connectivity index (χ2v) is 8.31. The molecule has 0 aliphatic heterocycles. The lowest BCUT2D eigenvalue weighted by Crippen LogP contribution is -2.29. The molecule has 2 aromatic rings. The Labute approximate surface area is 142 Å². The molecular weight excluding hydrogens is 322 g/mol. The van der Waals surface area contributed by atoms with E-state index in [-0.39, 0.29) is 0 Å². The molecule has 6 heteroatoms. The lowest BCUT2D eigenvalue weighted by Gasteiger charge is -2.17. The standard InChI is InChI=1S/C18H21N3O2S/c22-24(23,17-8-7-14-3-1-2-4-16(14)13-17)19-10-12-21-11-9-18(20-21)15-5-6-15/h1-4,9,11,13,15,19H,5-8,10,12H2. The molecule has 0 radical (unpaired) electrons. The van der Waals surface area contributed by atoms with Crippen molar-refractivity contribution in [3.8, 4) is 0 Å². The van der Waals surface area contributed by atoms with Crippen molar-refractivity contribution < 1.29 is 8.42 Å². The summed E-state index contributed by atoms with van der Waals surface area (Å²) >= 11 is 0. The molecule has 1 aromatic carbocycles. The average Bonchev–Trinajstić information content (AvgIpc) is 3.34. The molecule has 0 atom stereocenters. The first-order valence-electron chi connectivity index (χ1n) is 8.43. The highest BCUT2D eigenvalue weighted by molar-refractivity contribution is 7.93. The minimum Gasteiger partial charge on any atom is -0.271 e. The van der Waals surface area contributed by atoms with Crippen molar-refractivity contribution in [1.82, 2.24) is 14.5 Å². The Bertz CT molecular complexity index is 879. The number of aryl methyl sites for hydroxylation is 1. The fourth-order valence-electron chi connectivity index (χ4n) is 3.10. The van der Waals surface area contributed by atoms with Gasteiger partial charge in [0.25, 0.3) is 0 Å². The zero-order valence-electron chi connectivity index (χ0n) is 13.5. The van der Waals surface area contributed by atoms with Gasteiger partial charge < -0.3 is 0 Å². The second kappa shape index (κ2) is 6.18. The van der Waals surface area contributed by atoms with Crippen LogP contribution in [0.5, 0.6) is 0 Å². The minimum atomic E-state index is -3.42. The Morgan fingerprint density at radius 1 is 1.17 bits per heavy atom. The zero-order chi connectivity index (χ0) is 16.6. The highest BCUT2D eigenvalue weighted by Crippen LogP contribution is 2.38. The normalized spacial score (nSPS) is 17.4. The van der Waals surface area contributed by atoms with Crippen LogP contribution in [-0.2, 0) is 23.0 Å². The molecule has 0 spiro atoms. The van der Waals surface area contributed by atoms with Gasteiger partial charge in [-0.2, -0.15) is 5.10 Å². The summed E-state index contributed by atoms with van der Waals surface area (Å²) < 4.78 is 29.5. The smallest absolute Gasteiger partial charge is 0.236 e. The summed E-state index contributed by atoms with van der Waals surface area (Å²) in [5.41, 5.74) is 3.34. The maximum absolute atomic E-state index is 12.5. The lowest BCUT2D eigenvalue weighted by atomic mass is 9.98. The van der Waals surface area contributed by atoms with Crippen LogP contribution in [0.15, 0.2) is 41.4 Å². The maximum Gasteiger partial charge on any atom is 0.236 e. The van der Waals surface area contributed by atoms with Crippen molar-refractivity contribution in [2.24, 2.45) is 0 Å². The van der Waals surface area contributed by atoms with Crippen molar-refractivity contribution in [3.63, 3.8) is 0 Å².